The van der Waals surface area contributed by atoms with E-state index in [1.807, 2.05) is 0 Å². The molecule has 0 saturated heterocycles. The molecule has 0 radical (unpaired) electrons. The fourth-order valence-corrected chi connectivity index (χ4v) is 0.715. The first-order chi connectivity index (χ1) is 5.91. The van der Waals surface area contributed by atoms with Gasteiger partial charge in [0.2, 0.25) is 0 Å². The van der Waals surface area contributed by atoms with Gasteiger partial charge in [-0.25, -0.2) is 0 Å². The van der Waals surface area contributed by atoms with Crippen LogP contribution in [0, 0.1) is 0 Å². The maximum atomic E-state index is 8.74. The number of aliphatic hydroxyl groups is 1. The first-order valence-electron chi connectivity index (χ1n) is 4.22. The van der Waals surface area contributed by atoms with E-state index in [0.29, 0.717) is 6.61 Å². The van der Waals surface area contributed by atoms with Crippen molar-refractivity contribution < 1.29 is 22.6 Å². The lowest BCUT2D eigenvalue weighted by molar-refractivity contribution is 0.282. The van der Waals surface area contributed by atoms with Crippen LogP contribution in [0.4, 0.5) is 0 Å². The van der Waals surface area contributed by atoms with Gasteiger partial charge in [0.05, 0.1) is 0 Å². The quantitative estimate of drug-likeness (QED) is 0.364. The molecule has 9 N–H and O–H groups in total. The van der Waals surface area contributed by atoms with Gasteiger partial charge in [0.15, 0.2) is 0 Å². The molecule has 0 aromatic heterocycles. The molecule has 0 aromatic rings. The van der Waals surface area contributed by atoms with Gasteiger partial charge in [-0.15, -0.1) is 0 Å². The first-order valence-corrected chi connectivity index (χ1v) is 5.62. The molecule has 0 spiro atoms. The van der Waals surface area contributed by atoms with Crippen molar-refractivity contribution in [3.63, 3.8) is 0 Å². The highest BCUT2D eigenvalue weighted by molar-refractivity contribution is 7.79. The Hall–Kier alpha value is -0.250. The molecule has 15 heavy (non-hydrogen) atoms. The third-order valence-electron chi connectivity index (χ3n) is 1.26. The van der Waals surface area contributed by atoms with Crippen LogP contribution in [0.5, 0.6) is 0 Å². The van der Waals surface area contributed by atoms with E-state index >= 15 is 0 Å². The summed E-state index contributed by atoms with van der Waals surface area (Å²) in [4.78, 5) is 0. The number of aliphatic hydroxyl groups excluding tert-OH is 1. The Morgan fingerprint density at radius 3 is 1.53 bits per heavy atom. The van der Waals surface area contributed by atoms with Crippen LogP contribution in [0.3, 0.4) is 0 Å². The Morgan fingerprint density at radius 2 is 1.27 bits per heavy atom. The molecule has 0 aliphatic carbocycles. The fraction of sp³-hybridized carbons (Fsp3) is 1.00. The average Bonchev–Trinajstić information content (AvgIpc) is 1.95. The molecule has 0 saturated carbocycles. The highest BCUT2D eigenvalue weighted by Crippen LogP contribution is 2.00. The van der Waals surface area contributed by atoms with Gasteiger partial charge >= 0.3 is 10.4 Å². The predicted octanol–water partition coefficient (Wildman–Crippen LogP) is 1.62. The zero-order valence-electron chi connectivity index (χ0n) is 9.22. The SMILES string of the molecule is CCCCCCCO.N.N.O=S(=O)(O)O. The molecule has 0 unspecified atom stereocenters. The van der Waals surface area contributed by atoms with E-state index in [1.165, 1.54) is 25.7 Å². The molecule has 0 amide bonds. The van der Waals surface area contributed by atoms with Crippen LogP contribution >= 0.6 is 0 Å². The Morgan fingerprint density at radius 1 is 0.933 bits per heavy atom. The van der Waals surface area contributed by atoms with Crippen molar-refractivity contribution in [2.24, 2.45) is 0 Å². The lowest BCUT2D eigenvalue weighted by atomic mass is 10.2. The molecular formula is C7H24N2O5S. The van der Waals surface area contributed by atoms with Gasteiger partial charge in [-0.1, -0.05) is 32.6 Å². The van der Waals surface area contributed by atoms with Crippen LogP contribution in [-0.2, 0) is 10.4 Å². The predicted molar refractivity (Wildman–Crippen MR) is 60.1 cm³/mol. The van der Waals surface area contributed by atoms with E-state index in [9.17, 15) is 0 Å². The van der Waals surface area contributed by atoms with Crippen LogP contribution in [0.2, 0.25) is 0 Å². The molecule has 8 heteroatoms. The summed E-state index contributed by atoms with van der Waals surface area (Å²) in [5.74, 6) is 0. The van der Waals surface area contributed by atoms with E-state index in [0.717, 1.165) is 6.42 Å². The van der Waals surface area contributed by atoms with Crippen LogP contribution in [-0.4, -0.2) is 29.2 Å². The number of hydrogen-bond donors (Lipinski definition) is 5. The van der Waals surface area contributed by atoms with Crippen molar-refractivity contribution in [3.8, 4) is 0 Å². The monoisotopic (exact) mass is 248 g/mol. The maximum Gasteiger partial charge on any atom is 0.394 e. The summed E-state index contributed by atoms with van der Waals surface area (Å²) in [7, 11) is -4.67. The van der Waals surface area contributed by atoms with Gasteiger partial charge in [0, 0.05) is 6.61 Å². The van der Waals surface area contributed by atoms with Gasteiger partial charge < -0.3 is 17.4 Å². The summed E-state index contributed by atoms with van der Waals surface area (Å²) >= 11 is 0. The minimum Gasteiger partial charge on any atom is -0.396 e. The third-order valence-corrected chi connectivity index (χ3v) is 1.26. The summed E-state index contributed by atoms with van der Waals surface area (Å²) < 4.78 is 31.6. The van der Waals surface area contributed by atoms with Crippen molar-refractivity contribution in [3.05, 3.63) is 0 Å². The van der Waals surface area contributed by atoms with E-state index < -0.39 is 10.4 Å². The van der Waals surface area contributed by atoms with Crippen LogP contribution < -0.4 is 12.3 Å². The second-order valence-corrected chi connectivity index (χ2v) is 3.48. The number of rotatable bonds is 5. The second-order valence-electron chi connectivity index (χ2n) is 2.59. The highest BCUT2D eigenvalue weighted by atomic mass is 32.3. The summed E-state index contributed by atoms with van der Waals surface area (Å²) in [6.07, 6.45) is 6.08. The molecular weight excluding hydrogens is 224 g/mol. The van der Waals surface area contributed by atoms with E-state index in [1.54, 1.807) is 0 Å². The standard InChI is InChI=1S/C7H16O.2H3N.H2O4S/c1-2-3-4-5-6-7-8;;;1-5(2,3)4/h8H,2-7H2,1H3;2*1H3;(H2,1,2,3,4). The Labute approximate surface area is 91.6 Å². The molecule has 0 atom stereocenters. The lowest BCUT2D eigenvalue weighted by Gasteiger charge is -1.93. The largest absolute Gasteiger partial charge is 0.396 e. The molecule has 0 aromatic carbocycles. The molecule has 0 heterocycles. The second kappa shape index (κ2) is 16.2. The number of unbranched alkanes of at least 4 members (excludes halogenated alkanes) is 4. The smallest absolute Gasteiger partial charge is 0.394 e. The minimum atomic E-state index is -4.67. The normalized spacial score (nSPS) is 9.07. The molecule has 0 aliphatic rings. The summed E-state index contributed by atoms with van der Waals surface area (Å²) in [5, 5.41) is 8.37. The fourth-order valence-electron chi connectivity index (χ4n) is 0.715. The van der Waals surface area contributed by atoms with Crippen LogP contribution in [0.1, 0.15) is 39.0 Å². The lowest BCUT2D eigenvalue weighted by Crippen LogP contribution is -1.89. The van der Waals surface area contributed by atoms with Crippen molar-refractivity contribution in [2.45, 2.75) is 39.0 Å². The van der Waals surface area contributed by atoms with E-state index in [4.69, 9.17) is 22.6 Å². The van der Waals surface area contributed by atoms with Crippen molar-refractivity contribution in [1.82, 2.24) is 12.3 Å². The zero-order valence-corrected chi connectivity index (χ0v) is 10.0. The molecule has 0 rings (SSSR count). The summed E-state index contributed by atoms with van der Waals surface area (Å²) in [6.45, 7) is 2.56. The maximum absolute atomic E-state index is 8.74. The van der Waals surface area contributed by atoms with Crippen molar-refractivity contribution in [1.29, 1.82) is 0 Å². The Balaban J connectivity index is -0.0000000770. The minimum absolute atomic E-state index is 0. The van der Waals surface area contributed by atoms with Gasteiger partial charge in [-0.2, -0.15) is 8.42 Å². The van der Waals surface area contributed by atoms with Crippen molar-refractivity contribution >= 4 is 10.4 Å². The first kappa shape index (κ1) is 24.1. The highest BCUT2D eigenvalue weighted by Gasteiger charge is 1.85. The van der Waals surface area contributed by atoms with Gasteiger partial charge in [-0.3, -0.25) is 9.11 Å². The summed E-state index contributed by atoms with van der Waals surface area (Å²) in [6, 6.07) is 0. The Bertz CT molecular complexity index is 170. The Kier molecular flexibility index (Phi) is 26.0. The van der Waals surface area contributed by atoms with E-state index in [-0.39, 0.29) is 12.3 Å². The summed E-state index contributed by atoms with van der Waals surface area (Å²) in [5.41, 5.74) is 0. The van der Waals surface area contributed by atoms with Crippen molar-refractivity contribution in [2.75, 3.05) is 6.61 Å². The molecule has 7 nitrogen and oxygen atoms in total. The molecule has 98 valence electrons. The van der Waals surface area contributed by atoms with Gasteiger partial charge in [-0.05, 0) is 6.42 Å². The molecule has 0 fully saturated rings. The van der Waals surface area contributed by atoms with Crippen LogP contribution in [0.25, 0.3) is 0 Å². The molecule has 0 bridgehead atoms. The topological polar surface area (TPSA) is 165 Å². The van der Waals surface area contributed by atoms with Crippen LogP contribution in [0.15, 0.2) is 0 Å². The zero-order chi connectivity index (χ0) is 10.7. The third kappa shape index (κ3) is 84.1. The number of hydrogen-bond acceptors (Lipinski definition) is 5. The van der Waals surface area contributed by atoms with Gasteiger partial charge in [0.25, 0.3) is 0 Å². The van der Waals surface area contributed by atoms with E-state index in [2.05, 4.69) is 6.92 Å². The van der Waals surface area contributed by atoms with Gasteiger partial charge in [0.1, 0.15) is 0 Å². The molecule has 0 aliphatic heterocycles. The average molecular weight is 248 g/mol.